The summed E-state index contributed by atoms with van der Waals surface area (Å²) in [5.41, 5.74) is -0.243. The van der Waals surface area contributed by atoms with E-state index in [2.05, 4.69) is 14.7 Å². The van der Waals surface area contributed by atoms with Crippen molar-refractivity contribution in [3.8, 4) is 5.75 Å². The first-order valence-electron chi connectivity index (χ1n) is 8.96. The zero-order chi connectivity index (χ0) is 22.6. The Kier molecular flexibility index (Phi) is 6.87. The number of hydrogen-bond donors (Lipinski definition) is 0. The number of sulfone groups is 1. The van der Waals surface area contributed by atoms with Gasteiger partial charge in [-0.2, -0.15) is 0 Å². The normalized spacial score (nSPS) is 12.3. The minimum Gasteiger partial charge on any atom is -0.487 e. The summed E-state index contributed by atoms with van der Waals surface area (Å²) in [6, 6.07) is 11.3. The van der Waals surface area contributed by atoms with Gasteiger partial charge in [-0.3, -0.25) is 4.98 Å². The summed E-state index contributed by atoms with van der Waals surface area (Å²) in [4.78, 5) is 20.1. The van der Waals surface area contributed by atoms with E-state index in [0.29, 0.717) is 0 Å². The smallest absolute Gasteiger partial charge is 0.358 e. The van der Waals surface area contributed by atoms with Crippen molar-refractivity contribution in [2.75, 3.05) is 13.4 Å². The molecule has 3 rings (SSSR count). The Hall–Kier alpha value is -3.04. The summed E-state index contributed by atoms with van der Waals surface area (Å²) >= 11 is 6.26. The van der Waals surface area contributed by atoms with Crippen LogP contribution in [0, 0.1) is 5.82 Å². The predicted molar refractivity (Wildman–Crippen MR) is 112 cm³/mol. The molecule has 0 saturated carbocycles. The molecule has 0 spiro atoms. The van der Waals surface area contributed by atoms with Crippen molar-refractivity contribution >= 4 is 27.4 Å². The number of benzene rings is 2. The molecule has 1 aromatic heterocycles. The molecular formula is C21H18ClFN2O5S. The lowest BCUT2D eigenvalue weighted by Gasteiger charge is -2.21. The molecule has 0 radical (unpaired) electrons. The molecule has 1 atom stereocenters. The summed E-state index contributed by atoms with van der Waals surface area (Å²) in [5.74, 6) is -1.96. The van der Waals surface area contributed by atoms with Gasteiger partial charge in [0, 0.05) is 18.6 Å². The Bertz CT molecular complexity index is 1210. The second kappa shape index (κ2) is 9.40. The number of nitrogens with zero attached hydrogens (tertiary/aromatic N) is 2. The maximum absolute atomic E-state index is 15.1. The van der Waals surface area contributed by atoms with Gasteiger partial charge in [-0.15, -0.1) is 0 Å². The molecule has 0 aliphatic carbocycles. The minimum atomic E-state index is -4.07. The van der Waals surface area contributed by atoms with E-state index in [-0.39, 0.29) is 34.3 Å². The molecular weight excluding hydrogens is 447 g/mol. The lowest BCUT2D eigenvalue weighted by molar-refractivity contribution is 0.0592. The second-order valence-electron chi connectivity index (χ2n) is 6.54. The average Bonchev–Trinajstić information content (AvgIpc) is 2.75. The van der Waals surface area contributed by atoms with Crippen LogP contribution in [0.3, 0.4) is 0 Å². The van der Waals surface area contributed by atoms with Gasteiger partial charge in [0.2, 0.25) is 0 Å². The molecule has 0 aliphatic heterocycles. The lowest BCUT2D eigenvalue weighted by atomic mass is 10.0. The van der Waals surface area contributed by atoms with Crippen molar-refractivity contribution in [3.63, 3.8) is 0 Å². The van der Waals surface area contributed by atoms with E-state index in [9.17, 15) is 13.2 Å². The maximum Gasteiger partial charge on any atom is 0.358 e. The van der Waals surface area contributed by atoms with Crippen LogP contribution in [0.4, 0.5) is 4.39 Å². The second-order valence-corrected chi connectivity index (χ2v) is 9.08. The van der Waals surface area contributed by atoms with Crippen molar-refractivity contribution in [1.29, 1.82) is 0 Å². The highest BCUT2D eigenvalue weighted by Crippen LogP contribution is 2.42. The van der Waals surface area contributed by atoms with Crippen LogP contribution in [-0.4, -0.2) is 37.7 Å². The van der Waals surface area contributed by atoms with Gasteiger partial charge >= 0.3 is 5.97 Å². The number of aromatic nitrogens is 2. The summed E-state index contributed by atoms with van der Waals surface area (Å²) in [5, 5.41) is -1.70. The summed E-state index contributed by atoms with van der Waals surface area (Å²) in [7, 11) is -2.95. The van der Waals surface area contributed by atoms with E-state index in [1.54, 1.807) is 24.3 Å². The Morgan fingerprint density at radius 1 is 1.13 bits per heavy atom. The highest BCUT2D eigenvalue weighted by Gasteiger charge is 2.37. The monoisotopic (exact) mass is 464 g/mol. The number of ether oxygens (including phenoxy) is 2. The van der Waals surface area contributed by atoms with Crippen LogP contribution in [0.25, 0.3) is 0 Å². The van der Waals surface area contributed by atoms with Gasteiger partial charge in [-0.05, 0) is 17.7 Å². The first-order valence-corrected chi connectivity index (χ1v) is 11.3. The van der Waals surface area contributed by atoms with Crippen LogP contribution in [0.15, 0.2) is 54.9 Å². The number of carbonyl (C=O) groups is 1. The molecule has 3 aromatic rings. The van der Waals surface area contributed by atoms with E-state index < -0.39 is 26.9 Å². The van der Waals surface area contributed by atoms with E-state index in [0.717, 1.165) is 25.0 Å². The molecule has 10 heteroatoms. The maximum atomic E-state index is 15.1. The molecule has 7 nitrogen and oxygen atoms in total. The summed E-state index contributed by atoms with van der Waals surface area (Å²) in [6.45, 7) is 0.0117. The topological polar surface area (TPSA) is 95.4 Å². The Labute approximate surface area is 183 Å². The highest BCUT2D eigenvalue weighted by atomic mass is 35.5. The van der Waals surface area contributed by atoms with E-state index in [4.69, 9.17) is 16.3 Å². The number of methoxy groups -OCH3 is 1. The van der Waals surface area contributed by atoms with Gasteiger partial charge in [0.15, 0.2) is 15.5 Å². The fourth-order valence-corrected chi connectivity index (χ4v) is 4.46. The molecule has 162 valence electrons. The summed E-state index contributed by atoms with van der Waals surface area (Å²) in [6.07, 6.45) is 3.30. The molecule has 1 heterocycles. The van der Waals surface area contributed by atoms with Gasteiger partial charge in [0.05, 0.1) is 23.4 Å². The van der Waals surface area contributed by atoms with Crippen LogP contribution in [0.5, 0.6) is 5.75 Å². The minimum absolute atomic E-state index is 0.00416. The van der Waals surface area contributed by atoms with Crippen LogP contribution in [0.1, 0.15) is 32.6 Å². The van der Waals surface area contributed by atoms with Gasteiger partial charge in [-0.1, -0.05) is 41.9 Å². The quantitative estimate of drug-likeness (QED) is 0.491. The Balaban J connectivity index is 2.20. The molecule has 1 unspecified atom stereocenters. The Morgan fingerprint density at radius 3 is 2.45 bits per heavy atom. The number of carbonyl (C=O) groups excluding carboxylic acids is 1. The third-order valence-corrected chi connectivity index (χ3v) is 5.98. The SMILES string of the molecule is COC(=O)c1nccnc1C(c1c(F)ccc(Cl)c1OCc1ccccc1)S(C)(=O)=O. The molecule has 2 aromatic carbocycles. The van der Waals surface area contributed by atoms with Crippen LogP contribution in [-0.2, 0) is 21.2 Å². The molecule has 0 N–H and O–H groups in total. The van der Waals surface area contributed by atoms with E-state index in [1.807, 2.05) is 6.07 Å². The van der Waals surface area contributed by atoms with Gasteiger partial charge < -0.3 is 9.47 Å². The standard InChI is InChI=1S/C21H18ClFN2O5S/c1-29-21(26)18-17(24-10-11-25-18)20(31(2,27)28)16-15(23)9-8-14(22)19(16)30-12-13-6-4-3-5-7-13/h3-11,20H,12H2,1-2H3. The fourth-order valence-electron chi connectivity index (χ4n) is 3.02. The first kappa shape index (κ1) is 22.6. The van der Waals surface area contributed by atoms with Crippen molar-refractivity contribution < 1.29 is 27.1 Å². The molecule has 0 amide bonds. The van der Waals surface area contributed by atoms with Crippen LogP contribution < -0.4 is 4.74 Å². The average molecular weight is 465 g/mol. The molecule has 0 saturated heterocycles. The third-order valence-electron chi connectivity index (χ3n) is 4.36. The van der Waals surface area contributed by atoms with Crippen LogP contribution in [0.2, 0.25) is 5.02 Å². The number of esters is 1. The zero-order valence-corrected chi connectivity index (χ0v) is 18.2. The number of rotatable bonds is 7. The van der Waals surface area contributed by atoms with E-state index in [1.165, 1.54) is 18.5 Å². The zero-order valence-electron chi connectivity index (χ0n) is 16.6. The molecule has 31 heavy (non-hydrogen) atoms. The van der Waals surface area contributed by atoms with E-state index >= 15 is 4.39 Å². The van der Waals surface area contributed by atoms with Crippen LogP contribution >= 0.6 is 11.6 Å². The number of hydrogen-bond acceptors (Lipinski definition) is 7. The molecule has 0 aliphatic rings. The highest BCUT2D eigenvalue weighted by molar-refractivity contribution is 7.91. The largest absolute Gasteiger partial charge is 0.487 e. The summed E-state index contributed by atoms with van der Waals surface area (Å²) < 4.78 is 51.1. The van der Waals surface area contributed by atoms with Gasteiger partial charge in [0.1, 0.15) is 23.4 Å². The number of halogens is 2. The molecule has 0 fully saturated rings. The van der Waals surface area contributed by atoms with Crippen molar-refractivity contribution in [2.45, 2.75) is 11.9 Å². The van der Waals surface area contributed by atoms with Crippen molar-refractivity contribution in [2.24, 2.45) is 0 Å². The molecule has 0 bridgehead atoms. The van der Waals surface area contributed by atoms with Gasteiger partial charge in [0.25, 0.3) is 0 Å². The van der Waals surface area contributed by atoms with Gasteiger partial charge in [-0.25, -0.2) is 22.6 Å². The predicted octanol–water partition coefficient (Wildman–Crippen LogP) is 3.77. The fraction of sp³-hybridized carbons (Fsp3) is 0.190. The Morgan fingerprint density at radius 2 is 1.81 bits per heavy atom. The third kappa shape index (κ3) is 5.00. The van der Waals surface area contributed by atoms with Crippen molar-refractivity contribution in [3.05, 3.63) is 88.2 Å². The lowest BCUT2D eigenvalue weighted by Crippen LogP contribution is -2.22. The first-order chi connectivity index (χ1) is 14.7. The van der Waals surface area contributed by atoms with Crippen molar-refractivity contribution in [1.82, 2.24) is 9.97 Å².